The monoisotopic (exact) mass is 492 g/mol. The Morgan fingerprint density at radius 2 is 1.71 bits per heavy atom. The van der Waals surface area contributed by atoms with Crippen LogP contribution in [0.1, 0.15) is 113 Å². The lowest BCUT2D eigenvalue weighted by Crippen LogP contribution is -2.56. The van der Waals surface area contributed by atoms with Crippen LogP contribution in [-0.4, -0.2) is 56.0 Å². The second-order valence-corrected chi connectivity index (χ2v) is 13.4. The second-order valence-electron chi connectivity index (χ2n) is 13.4. The first-order valence-electron chi connectivity index (χ1n) is 13.8. The molecule has 5 nitrogen and oxygen atoms in total. The van der Waals surface area contributed by atoms with Gasteiger partial charge in [-0.05, 0) is 121 Å². The first-order chi connectivity index (χ1) is 16.0. The van der Waals surface area contributed by atoms with Crippen molar-refractivity contribution in [3.05, 3.63) is 23.3 Å². The summed E-state index contributed by atoms with van der Waals surface area (Å²) < 4.78 is 6.55. The molecule has 0 aromatic heterocycles. The van der Waals surface area contributed by atoms with E-state index in [0.717, 1.165) is 56.1 Å². The van der Waals surface area contributed by atoms with Gasteiger partial charge in [-0.2, -0.15) is 0 Å². The van der Waals surface area contributed by atoms with Crippen LogP contribution < -0.4 is 0 Å². The highest BCUT2D eigenvalue weighted by atomic mass is 16.5. The third-order valence-electron chi connectivity index (χ3n) is 10.3. The molecule has 2 aliphatic carbocycles. The van der Waals surface area contributed by atoms with Crippen molar-refractivity contribution in [1.82, 2.24) is 0 Å². The number of ether oxygens (including phenoxy) is 1. The highest BCUT2D eigenvalue weighted by Crippen LogP contribution is 2.56. The molecular weight excluding hydrogens is 440 g/mol. The molecule has 1 aliphatic heterocycles. The van der Waals surface area contributed by atoms with Crippen molar-refractivity contribution in [3.8, 4) is 0 Å². The van der Waals surface area contributed by atoms with Gasteiger partial charge in [0, 0.05) is 0 Å². The van der Waals surface area contributed by atoms with Gasteiger partial charge in [-0.1, -0.05) is 31.6 Å². The normalized spacial score (nSPS) is 42.8. The van der Waals surface area contributed by atoms with Gasteiger partial charge in [0.25, 0.3) is 0 Å². The van der Waals surface area contributed by atoms with Crippen molar-refractivity contribution in [2.75, 3.05) is 0 Å². The van der Waals surface area contributed by atoms with Crippen molar-refractivity contribution >= 4 is 0 Å². The van der Waals surface area contributed by atoms with E-state index < -0.39 is 29.5 Å². The van der Waals surface area contributed by atoms with Crippen molar-refractivity contribution in [2.24, 2.45) is 16.7 Å². The molecule has 35 heavy (non-hydrogen) atoms. The number of rotatable bonds is 7. The van der Waals surface area contributed by atoms with Gasteiger partial charge in [0.1, 0.15) is 0 Å². The molecule has 3 aliphatic rings. The van der Waals surface area contributed by atoms with Crippen LogP contribution in [0.5, 0.6) is 0 Å². The minimum atomic E-state index is -0.803. The molecule has 0 amide bonds. The van der Waals surface area contributed by atoms with Gasteiger partial charge in [-0.3, -0.25) is 0 Å². The zero-order valence-corrected chi connectivity index (χ0v) is 23.4. The summed E-state index contributed by atoms with van der Waals surface area (Å²) in [6.45, 7) is 18.3. The zero-order chi connectivity index (χ0) is 26.4. The molecule has 202 valence electrons. The van der Waals surface area contributed by atoms with Crippen LogP contribution >= 0.6 is 0 Å². The summed E-state index contributed by atoms with van der Waals surface area (Å²) in [6.07, 6.45) is 6.34. The van der Waals surface area contributed by atoms with Gasteiger partial charge in [0.2, 0.25) is 0 Å². The van der Waals surface area contributed by atoms with E-state index in [2.05, 4.69) is 27.4 Å². The third kappa shape index (κ3) is 5.75. The molecule has 0 aromatic carbocycles. The van der Waals surface area contributed by atoms with E-state index in [-0.39, 0.29) is 22.9 Å². The van der Waals surface area contributed by atoms with Crippen molar-refractivity contribution in [1.29, 1.82) is 0 Å². The number of fused-ring (bicyclic) bond motifs is 1. The van der Waals surface area contributed by atoms with Crippen LogP contribution in [0.2, 0.25) is 0 Å². The number of aliphatic hydroxyl groups excluding tert-OH is 3. The molecule has 0 aromatic rings. The summed E-state index contributed by atoms with van der Waals surface area (Å²) in [5, 5.41) is 43.5. The molecular formula is C30H52O5. The molecule has 2 fully saturated rings. The Kier molecular flexibility index (Phi) is 8.41. The lowest BCUT2D eigenvalue weighted by Gasteiger charge is -2.54. The fourth-order valence-electron chi connectivity index (χ4n) is 7.54. The molecule has 8 atom stereocenters. The number of allylic oxidation sites excluding steroid dienone is 1. The predicted molar refractivity (Wildman–Crippen MR) is 141 cm³/mol. The molecule has 0 bridgehead atoms. The summed E-state index contributed by atoms with van der Waals surface area (Å²) in [5.74, 6) is 0.0273. The predicted octanol–water partition coefficient (Wildman–Crippen LogP) is 5.45. The third-order valence-corrected chi connectivity index (χ3v) is 10.3. The second kappa shape index (κ2) is 10.2. The number of aliphatic hydroxyl groups is 4. The minimum Gasteiger partial charge on any atom is -0.390 e. The minimum absolute atomic E-state index is 0.00370. The Balaban J connectivity index is 1.87. The lowest BCUT2D eigenvalue weighted by atomic mass is 9.55. The van der Waals surface area contributed by atoms with E-state index in [1.54, 1.807) is 0 Å². The van der Waals surface area contributed by atoms with Crippen molar-refractivity contribution < 1.29 is 25.2 Å². The molecule has 3 rings (SSSR count). The summed E-state index contributed by atoms with van der Waals surface area (Å²) in [6, 6.07) is 0. The average Bonchev–Trinajstić information content (AvgIpc) is 2.85. The SMILES string of the molecule is C=C(C)C(O)CCC1(C)CCC(O)C(C)=C1CCC1[C@@](C)(O)CC[C@H]2OC(C)(C)[C@H](O)CC[C@]12C. The Morgan fingerprint density at radius 1 is 1.06 bits per heavy atom. The van der Waals surface area contributed by atoms with Crippen LogP contribution in [0, 0.1) is 16.7 Å². The molecule has 4 N–H and O–H groups in total. The quantitative estimate of drug-likeness (QED) is 0.355. The summed E-state index contributed by atoms with van der Waals surface area (Å²) in [4.78, 5) is 0. The molecule has 5 heteroatoms. The Hall–Kier alpha value is -0.720. The zero-order valence-electron chi connectivity index (χ0n) is 23.4. The van der Waals surface area contributed by atoms with E-state index >= 15 is 0 Å². The van der Waals surface area contributed by atoms with Crippen LogP contribution in [0.15, 0.2) is 23.3 Å². The highest BCUT2D eigenvalue weighted by Gasteiger charge is 2.56. The summed E-state index contributed by atoms with van der Waals surface area (Å²) >= 11 is 0. The Morgan fingerprint density at radius 3 is 2.34 bits per heavy atom. The van der Waals surface area contributed by atoms with Crippen LogP contribution in [0.25, 0.3) is 0 Å². The maximum atomic E-state index is 11.6. The van der Waals surface area contributed by atoms with E-state index in [9.17, 15) is 20.4 Å². The summed E-state index contributed by atoms with van der Waals surface area (Å²) in [7, 11) is 0. The van der Waals surface area contributed by atoms with Gasteiger partial charge >= 0.3 is 0 Å². The topological polar surface area (TPSA) is 90.2 Å². The lowest BCUT2D eigenvalue weighted by molar-refractivity contribution is -0.205. The van der Waals surface area contributed by atoms with Crippen LogP contribution in [0.4, 0.5) is 0 Å². The van der Waals surface area contributed by atoms with Gasteiger partial charge in [-0.15, -0.1) is 0 Å². The number of hydrogen-bond acceptors (Lipinski definition) is 5. The molecule has 0 radical (unpaired) electrons. The van der Waals surface area contributed by atoms with Crippen molar-refractivity contribution in [3.63, 3.8) is 0 Å². The summed E-state index contributed by atoms with van der Waals surface area (Å²) in [5.41, 5.74) is 1.44. The Bertz CT molecular complexity index is 814. The van der Waals surface area contributed by atoms with Gasteiger partial charge in [0.05, 0.1) is 35.6 Å². The van der Waals surface area contributed by atoms with Crippen LogP contribution in [-0.2, 0) is 4.74 Å². The molecule has 4 unspecified atom stereocenters. The standard InChI is InChI=1S/C30H52O5/c1-19(2)22(31)11-15-28(6)16-12-23(32)20(3)21(28)9-10-24-29(7)17-13-25(33)27(4,5)35-26(29)14-18-30(24,8)34/h22-26,31-34H,1,9-18H2,2-8H3/t22?,23?,24?,25-,26-,28?,29-,30+/m1/s1. The van der Waals surface area contributed by atoms with E-state index in [0.29, 0.717) is 19.3 Å². The van der Waals surface area contributed by atoms with Crippen molar-refractivity contribution in [2.45, 2.75) is 148 Å². The van der Waals surface area contributed by atoms with Gasteiger partial charge in [-0.25, -0.2) is 0 Å². The molecule has 1 saturated heterocycles. The van der Waals surface area contributed by atoms with Gasteiger partial charge in [0.15, 0.2) is 0 Å². The smallest absolute Gasteiger partial charge is 0.0888 e. The maximum Gasteiger partial charge on any atom is 0.0888 e. The fourth-order valence-corrected chi connectivity index (χ4v) is 7.54. The highest BCUT2D eigenvalue weighted by molar-refractivity contribution is 5.27. The Labute approximate surface area is 213 Å². The molecule has 1 heterocycles. The maximum absolute atomic E-state index is 11.6. The van der Waals surface area contributed by atoms with Gasteiger partial charge < -0.3 is 25.2 Å². The van der Waals surface area contributed by atoms with E-state index in [1.807, 2.05) is 27.7 Å². The fraction of sp³-hybridized carbons (Fsp3) is 0.867. The molecule has 0 spiro atoms. The largest absolute Gasteiger partial charge is 0.390 e. The van der Waals surface area contributed by atoms with E-state index in [1.165, 1.54) is 5.57 Å². The van der Waals surface area contributed by atoms with E-state index in [4.69, 9.17) is 4.74 Å². The first kappa shape index (κ1) is 28.8. The van der Waals surface area contributed by atoms with Crippen LogP contribution in [0.3, 0.4) is 0 Å². The average molecular weight is 493 g/mol. The number of hydrogen-bond donors (Lipinski definition) is 4. The first-order valence-corrected chi connectivity index (χ1v) is 13.8. The molecule has 1 saturated carbocycles.